The number of Topliss-reactive ketones (excluding diaryl/α,β-unsaturated/α-hetero) is 1. The standard InChI is InChI=1S/C14H24O4/c1-8-6-7-13(5,16)14(17,12(8,3)4)11-10(18-11)9(2)15/h8,10-11,16-17H,6-7H2,1-5H3. The molecule has 1 saturated heterocycles. The predicted molar refractivity (Wildman–Crippen MR) is 67.1 cm³/mol. The van der Waals surface area contributed by atoms with E-state index in [0.717, 1.165) is 6.42 Å². The van der Waals surface area contributed by atoms with Crippen molar-refractivity contribution in [1.29, 1.82) is 0 Å². The monoisotopic (exact) mass is 256 g/mol. The van der Waals surface area contributed by atoms with Gasteiger partial charge in [0.15, 0.2) is 5.78 Å². The first-order chi connectivity index (χ1) is 8.05. The lowest BCUT2D eigenvalue weighted by Gasteiger charge is -2.57. The van der Waals surface area contributed by atoms with Gasteiger partial charge in [-0.1, -0.05) is 20.8 Å². The van der Waals surface area contributed by atoms with Crippen LogP contribution in [0.25, 0.3) is 0 Å². The molecule has 2 fully saturated rings. The van der Waals surface area contributed by atoms with E-state index in [9.17, 15) is 15.0 Å². The quantitative estimate of drug-likeness (QED) is 0.730. The van der Waals surface area contributed by atoms with Gasteiger partial charge in [0.05, 0.1) is 5.60 Å². The summed E-state index contributed by atoms with van der Waals surface area (Å²) in [6.07, 6.45) is 0.243. The second kappa shape index (κ2) is 3.78. The van der Waals surface area contributed by atoms with Gasteiger partial charge in [0, 0.05) is 5.41 Å². The number of aliphatic hydroxyl groups is 2. The molecule has 18 heavy (non-hydrogen) atoms. The summed E-state index contributed by atoms with van der Waals surface area (Å²) >= 11 is 0. The zero-order valence-corrected chi connectivity index (χ0v) is 11.9. The van der Waals surface area contributed by atoms with E-state index in [0.29, 0.717) is 6.42 Å². The molecule has 0 aromatic heterocycles. The second-order valence-electron chi connectivity index (χ2n) is 6.79. The number of carbonyl (C=O) groups excluding carboxylic acids is 1. The molecule has 2 rings (SSSR count). The summed E-state index contributed by atoms with van der Waals surface area (Å²) in [6.45, 7) is 9.08. The van der Waals surface area contributed by atoms with Gasteiger partial charge >= 0.3 is 0 Å². The van der Waals surface area contributed by atoms with Gasteiger partial charge in [-0.15, -0.1) is 0 Å². The lowest BCUT2D eigenvalue weighted by Crippen LogP contribution is -2.69. The van der Waals surface area contributed by atoms with Crippen molar-refractivity contribution in [2.75, 3.05) is 0 Å². The second-order valence-corrected chi connectivity index (χ2v) is 6.79. The van der Waals surface area contributed by atoms with Crippen molar-refractivity contribution in [3.8, 4) is 0 Å². The summed E-state index contributed by atoms with van der Waals surface area (Å²) in [5.41, 5.74) is -3.10. The molecular weight excluding hydrogens is 232 g/mol. The van der Waals surface area contributed by atoms with Gasteiger partial charge in [-0.05, 0) is 32.6 Å². The van der Waals surface area contributed by atoms with E-state index < -0.39 is 28.8 Å². The van der Waals surface area contributed by atoms with E-state index >= 15 is 0 Å². The fourth-order valence-corrected chi connectivity index (χ4v) is 3.53. The van der Waals surface area contributed by atoms with Crippen molar-refractivity contribution in [2.45, 2.75) is 70.9 Å². The molecule has 0 bridgehead atoms. The third-order valence-electron chi connectivity index (χ3n) is 5.40. The molecule has 0 amide bonds. The Hall–Kier alpha value is -0.450. The largest absolute Gasteiger partial charge is 0.387 e. The maximum atomic E-state index is 11.4. The molecular formula is C14H24O4. The molecule has 2 N–H and O–H groups in total. The van der Waals surface area contributed by atoms with Crippen LogP contribution in [0.3, 0.4) is 0 Å². The Morgan fingerprint density at radius 3 is 2.28 bits per heavy atom. The number of epoxide rings is 1. The summed E-state index contributed by atoms with van der Waals surface area (Å²) in [4.78, 5) is 11.4. The average Bonchev–Trinajstić information content (AvgIpc) is 3.02. The molecule has 1 aliphatic heterocycles. The molecule has 0 spiro atoms. The van der Waals surface area contributed by atoms with Crippen LogP contribution in [0.1, 0.15) is 47.5 Å². The molecule has 1 aliphatic carbocycles. The minimum Gasteiger partial charge on any atom is -0.387 e. The van der Waals surface area contributed by atoms with Gasteiger partial charge in [-0.3, -0.25) is 4.79 Å². The topological polar surface area (TPSA) is 70.1 Å². The molecule has 5 unspecified atom stereocenters. The molecule has 4 heteroatoms. The maximum Gasteiger partial charge on any atom is 0.161 e. The molecule has 1 saturated carbocycles. The Kier molecular flexibility index (Phi) is 2.93. The highest BCUT2D eigenvalue weighted by Crippen LogP contribution is 2.58. The third kappa shape index (κ3) is 1.59. The van der Waals surface area contributed by atoms with E-state index in [-0.39, 0.29) is 11.7 Å². The number of carbonyl (C=O) groups is 1. The number of hydrogen-bond acceptors (Lipinski definition) is 4. The Labute approximate surface area is 108 Å². The molecule has 0 aromatic rings. The summed E-state index contributed by atoms with van der Waals surface area (Å²) in [7, 11) is 0. The summed E-state index contributed by atoms with van der Waals surface area (Å²) < 4.78 is 5.38. The Morgan fingerprint density at radius 1 is 1.28 bits per heavy atom. The summed E-state index contributed by atoms with van der Waals surface area (Å²) in [5.74, 6) is 0.179. The van der Waals surface area contributed by atoms with Crippen LogP contribution in [-0.4, -0.2) is 39.4 Å². The summed E-state index contributed by atoms with van der Waals surface area (Å²) in [6, 6.07) is 0. The van der Waals surface area contributed by atoms with E-state index in [1.807, 2.05) is 13.8 Å². The van der Waals surface area contributed by atoms with Crippen LogP contribution >= 0.6 is 0 Å². The van der Waals surface area contributed by atoms with Gasteiger partial charge in [0.2, 0.25) is 0 Å². The van der Waals surface area contributed by atoms with Gasteiger partial charge in [-0.25, -0.2) is 0 Å². The first-order valence-electron chi connectivity index (χ1n) is 6.66. The fraction of sp³-hybridized carbons (Fsp3) is 0.929. The Bertz CT molecular complexity index is 374. The van der Waals surface area contributed by atoms with Crippen LogP contribution in [-0.2, 0) is 9.53 Å². The van der Waals surface area contributed by atoms with E-state index in [4.69, 9.17) is 4.74 Å². The molecule has 5 atom stereocenters. The van der Waals surface area contributed by atoms with Crippen molar-refractivity contribution in [1.82, 2.24) is 0 Å². The van der Waals surface area contributed by atoms with E-state index in [2.05, 4.69) is 6.92 Å². The van der Waals surface area contributed by atoms with Gasteiger partial charge < -0.3 is 14.9 Å². The molecule has 4 nitrogen and oxygen atoms in total. The zero-order valence-electron chi connectivity index (χ0n) is 11.9. The lowest BCUT2D eigenvalue weighted by molar-refractivity contribution is -0.248. The molecule has 0 radical (unpaired) electrons. The molecule has 2 aliphatic rings. The van der Waals surface area contributed by atoms with Crippen LogP contribution in [0.2, 0.25) is 0 Å². The third-order valence-corrected chi connectivity index (χ3v) is 5.40. The highest BCUT2D eigenvalue weighted by molar-refractivity contribution is 5.83. The maximum absolute atomic E-state index is 11.4. The summed E-state index contributed by atoms with van der Waals surface area (Å²) in [5, 5.41) is 21.7. The Morgan fingerprint density at radius 2 is 1.83 bits per heavy atom. The zero-order chi connectivity index (χ0) is 13.9. The smallest absolute Gasteiger partial charge is 0.161 e. The molecule has 0 aromatic carbocycles. The predicted octanol–water partition coefficient (Wildman–Crippen LogP) is 1.28. The fourth-order valence-electron chi connectivity index (χ4n) is 3.53. The SMILES string of the molecule is CC(=O)C1OC1C1(O)C(C)(O)CCC(C)C1(C)C. The van der Waals surface area contributed by atoms with E-state index in [1.165, 1.54) is 6.92 Å². The van der Waals surface area contributed by atoms with Crippen LogP contribution < -0.4 is 0 Å². The number of hydrogen-bond donors (Lipinski definition) is 2. The number of rotatable bonds is 2. The lowest BCUT2D eigenvalue weighted by atomic mass is 9.53. The number of ether oxygens (including phenoxy) is 1. The van der Waals surface area contributed by atoms with Gasteiger partial charge in [-0.2, -0.15) is 0 Å². The molecule has 1 heterocycles. The van der Waals surface area contributed by atoms with Crippen LogP contribution in [0, 0.1) is 11.3 Å². The van der Waals surface area contributed by atoms with Gasteiger partial charge in [0.1, 0.15) is 17.8 Å². The van der Waals surface area contributed by atoms with Crippen LogP contribution in [0.15, 0.2) is 0 Å². The van der Waals surface area contributed by atoms with Crippen LogP contribution in [0.5, 0.6) is 0 Å². The van der Waals surface area contributed by atoms with Crippen molar-refractivity contribution in [3.05, 3.63) is 0 Å². The van der Waals surface area contributed by atoms with Crippen molar-refractivity contribution in [2.24, 2.45) is 11.3 Å². The first kappa shape index (κ1) is 14.0. The van der Waals surface area contributed by atoms with Crippen molar-refractivity contribution in [3.63, 3.8) is 0 Å². The van der Waals surface area contributed by atoms with Crippen LogP contribution in [0.4, 0.5) is 0 Å². The average molecular weight is 256 g/mol. The minimum absolute atomic E-state index is 0.0850. The van der Waals surface area contributed by atoms with E-state index in [1.54, 1.807) is 6.92 Å². The highest BCUT2D eigenvalue weighted by atomic mass is 16.6. The first-order valence-corrected chi connectivity index (χ1v) is 6.66. The number of ketones is 1. The Balaban J connectivity index is 2.39. The van der Waals surface area contributed by atoms with Crippen molar-refractivity contribution < 1.29 is 19.7 Å². The molecule has 104 valence electrons. The normalized spacial score (nSPS) is 50.9. The highest BCUT2D eigenvalue weighted by Gasteiger charge is 2.71. The van der Waals surface area contributed by atoms with Gasteiger partial charge in [0.25, 0.3) is 0 Å². The minimum atomic E-state index is -1.38. The van der Waals surface area contributed by atoms with Crippen molar-refractivity contribution >= 4 is 5.78 Å².